The van der Waals surface area contributed by atoms with Gasteiger partial charge in [-0.1, -0.05) is 43.0 Å². The number of anilines is 1. The van der Waals surface area contributed by atoms with Crippen LogP contribution in [-0.2, 0) is 17.5 Å². The molecule has 4 rings (SSSR count). The van der Waals surface area contributed by atoms with Gasteiger partial charge >= 0.3 is 6.18 Å². The van der Waals surface area contributed by atoms with Gasteiger partial charge in [-0.15, -0.1) is 21.5 Å². The Morgan fingerprint density at radius 1 is 1.16 bits per heavy atom. The van der Waals surface area contributed by atoms with Crippen LogP contribution in [0.3, 0.4) is 0 Å². The number of fused-ring (bicyclic) bond motifs is 1. The summed E-state index contributed by atoms with van der Waals surface area (Å²) >= 11 is 2.84. The van der Waals surface area contributed by atoms with Crippen LogP contribution in [0.25, 0.3) is 21.5 Å². The zero-order valence-corrected chi connectivity index (χ0v) is 18.7. The normalized spacial score (nSPS) is 11.8. The molecule has 0 aliphatic heterocycles. The summed E-state index contributed by atoms with van der Waals surface area (Å²) in [4.78, 5) is 12.4. The van der Waals surface area contributed by atoms with Crippen LogP contribution in [0.4, 0.5) is 18.9 Å². The van der Waals surface area contributed by atoms with Crippen LogP contribution in [0, 0.1) is 0 Å². The monoisotopic (exact) mass is 476 g/mol. The molecule has 1 N–H and O–H groups in total. The van der Waals surface area contributed by atoms with E-state index in [1.807, 2.05) is 29.7 Å². The van der Waals surface area contributed by atoms with Crippen molar-refractivity contribution in [3.05, 3.63) is 59.5 Å². The maximum atomic E-state index is 12.9. The second kappa shape index (κ2) is 9.33. The number of aromatic nitrogens is 3. The number of amides is 1. The predicted molar refractivity (Wildman–Crippen MR) is 122 cm³/mol. The molecule has 10 heteroatoms. The number of alkyl halides is 3. The number of thiophene rings is 1. The van der Waals surface area contributed by atoms with Crippen molar-refractivity contribution >= 4 is 44.8 Å². The number of thioether (sulfide) groups is 1. The third-order valence-electron chi connectivity index (χ3n) is 4.69. The molecule has 2 heterocycles. The summed E-state index contributed by atoms with van der Waals surface area (Å²) in [5.41, 5.74) is 0.288. The third-order valence-corrected chi connectivity index (χ3v) is 6.62. The van der Waals surface area contributed by atoms with E-state index in [2.05, 4.69) is 27.0 Å². The van der Waals surface area contributed by atoms with E-state index in [9.17, 15) is 18.0 Å². The van der Waals surface area contributed by atoms with Crippen LogP contribution in [0.2, 0.25) is 0 Å². The second-order valence-electron chi connectivity index (χ2n) is 7.02. The number of rotatable bonds is 7. The van der Waals surface area contributed by atoms with Gasteiger partial charge in [0.25, 0.3) is 0 Å². The van der Waals surface area contributed by atoms with Gasteiger partial charge in [0.05, 0.1) is 11.3 Å². The average Bonchev–Trinajstić information content (AvgIpc) is 3.36. The topological polar surface area (TPSA) is 59.8 Å². The molecule has 0 spiro atoms. The third kappa shape index (κ3) is 4.81. The SMILES string of the molecule is CCCn1c(SCC(=O)Nc2cccc(C(F)(F)F)c2)nnc1-c1csc2ccccc12. The van der Waals surface area contributed by atoms with Crippen LogP contribution in [0.1, 0.15) is 18.9 Å². The molecule has 0 radical (unpaired) electrons. The van der Waals surface area contributed by atoms with E-state index in [4.69, 9.17) is 0 Å². The van der Waals surface area contributed by atoms with Crippen LogP contribution in [-0.4, -0.2) is 26.4 Å². The van der Waals surface area contributed by atoms with E-state index in [1.165, 1.54) is 23.9 Å². The lowest BCUT2D eigenvalue weighted by molar-refractivity contribution is -0.137. The standard InChI is InChI=1S/C22H19F3N4OS2/c1-2-10-29-20(17-12-31-18-9-4-3-8-16(17)18)27-28-21(29)32-13-19(30)26-15-7-5-6-14(11-15)22(23,24)25/h3-9,11-12H,2,10,13H2,1H3,(H,26,30). The first kappa shape index (κ1) is 22.3. The van der Waals surface area contributed by atoms with E-state index in [0.717, 1.165) is 40.0 Å². The number of nitrogens with zero attached hydrogens (tertiary/aromatic N) is 3. The quantitative estimate of drug-likeness (QED) is 0.317. The number of nitrogens with one attached hydrogen (secondary N) is 1. The van der Waals surface area contributed by atoms with Crippen molar-refractivity contribution in [2.45, 2.75) is 31.2 Å². The van der Waals surface area contributed by atoms with E-state index in [1.54, 1.807) is 11.3 Å². The highest BCUT2D eigenvalue weighted by molar-refractivity contribution is 7.99. The lowest BCUT2D eigenvalue weighted by Crippen LogP contribution is -2.15. The first-order valence-electron chi connectivity index (χ1n) is 9.86. The lowest BCUT2D eigenvalue weighted by atomic mass is 10.1. The van der Waals surface area contributed by atoms with Crippen molar-refractivity contribution in [3.8, 4) is 11.4 Å². The smallest absolute Gasteiger partial charge is 0.325 e. The Labute approximate surface area is 190 Å². The zero-order valence-electron chi connectivity index (χ0n) is 17.0. The molecule has 0 bridgehead atoms. The molecule has 0 aliphatic rings. The first-order chi connectivity index (χ1) is 15.4. The summed E-state index contributed by atoms with van der Waals surface area (Å²) in [6, 6.07) is 12.6. The highest BCUT2D eigenvalue weighted by Crippen LogP contribution is 2.35. The predicted octanol–water partition coefficient (Wildman–Crippen LogP) is 6.32. The van der Waals surface area contributed by atoms with E-state index in [-0.39, 0.29) is 11.4 Å². The molecule has 0 aliphatic carbocycles. The maximum Gasteiger partial charge on any atom is 0.416 e. The lowest BCUT2D eigenvalue weighted by Gasteiger charge is -2.10. The number of carbonyl (C=O) groups excluding carboxylic acids is 1. The highest BCUT2D eigenvalue weighted by atomic mass is 32.2. The van der Waals surface area contributed by atoms with Crippen LogP contribution in [0.5, 0.6) is 0 Å². The molecule has 0 unspecified atom stereocenters. The molecule has 0 fully saturated rings. The van der Waals surface area contributed by atoms with Gasteiger partial charge < -0.3 is 9.88 Å². The molecule has 2 aromatic carbocycles. The number of carbonyl (C=O) groups is 1. The molecular weight excluding hydrogens is 457 g/mol. The van der Waals surface area contributed by atoms with Crippen molar-refractivity contribution in [1.29, 1.82) is 0 Å². The molecule has 0 saturated heterocycles. The Morgan fingerprint density at radius 2 is 1.97 bits per heavy atom. The molecule has 0 atom stereocenters. The summed E-state index contributed by atoms with van der Waals surface area (Å²) < 4.78 is 41.8. The fraction of sp³-hybridized carbons (Fsp3) is 0.227. The Balaban J connectivity index is 1.50. The van der Waals surface area contributed by atoms with Gasteiger partial charge in [0, 0.05) is 33.3 Å². The van der Waals surface area contributed by atoms with Crippen LogP contribution in [0.15, 0.2) is 59.1 Å². The summed E-state index contributed by atoms with van der Waals surface area (Å²) in [5.74, 6) is 0.329. The second-order valence-corrected chi connectivity index (χ2v) is 8.87. The highest BCUT2D eigenvalue weighted by Gasteiger charge is 2.30. The molecule has 2 aromatic heterocycles. The number of halogens is 3. The number of hydrogen-bond acceptors (Lipinski definition) is 5. The van der Waals surface area contributed by atoms with Crippen LogP contribution < -0.4 is 5.32 Å². The number of benzene rings is 2. The molecule has 1 amide bonds. The molecule has 166 valence electrons. The Morgan fingerprint density at radius 3 is 2.75 bits per heavy atom. The summed E-state index contributed by atoms with van der Waals surface area (Å²) in [6.45, 7) is 2.73. The minimum atomic E-state index is -4.46. The molecule has 5 nitrogen and oxygen atoms in total. The van der Waals surface area contributed by atoms with Gasteiger partial charge in [-0.2, -0.15) is 13.2 Å². The fourth-order valence-corrected chi connectivity index (χ4v) is 4.98. The van der Waals surface area contributed by atoms with Gasteiger partial charge in [-0.05, 0) is 30.7 Å². The van der Waals surface area contributed by atoms with Crippen LogP contribution >= 0.6 is 23.1 Å². The Bertz CT molecular complexity index is 1250. The Kier molecular flexibility index (Phi) is 6.52. The molecule has 0 saturated carbocycles. The maximum absolute atomic E-state index is 12.9. The molecular formula is C22H19F3N4OS2. The summed E-state index contributed by atoms with van der Waals surface area (Å²) in [6.07, 6.45) is -3.61. The van der Waals surface area contributed by atoms with Crippen molar-refractivity contribution in [1.82, 2.24) is 14.8 Å². The van der Waals surface area contributed by atoms with E-state index >= 15 is 0 Å². The molecule has 4 aromatic rings. The van der Waals surface area contributed by atoms with Gasteiger partial charge in [-0.3, -0.25) is 4.79 Å². The minimum absolute atomic E-state index is 0.00246. The van der Waals surface area contributed by atoms with Gasteiger partial charge in [0.15, 0.2) is 11.0 Å². The first-order valence-corrected chi connectivity index (χ1v) is 11.7. The van der Waals surface area contributed by atoms with Crippen molar-refractivity contribution < 1.29 is 18.0 Å². The van der Waals surface area contributed by atoms with E-state index in [0.29, 0.717) is 11.7 Å². The van der Waals surface area contributed by atoms with Gasteiger partial charge in [0.2, 0.25) is 5.91 Å². The number of hydrogen-bond donors (Lipinski definition) is 1. The van der Waals surface area contributed by atoms with Crippen molar-refractivity contribution in [2.75, 3.05) is 11.1 Å². The van der Waals surface area contributed by atoms with Gasteiger partial charge in [-0.25, -0.2) is 0 Å². The van der Waals surface area contributed by atoms with Crippen molar-refractivity contribution in [3.63, 3.8) is 0 Å². The zero-order chi connectivity index (χ0) is 22.7. The van der Waals surface area contributed by atoms with Crippen molar-refractivity contribution in [2.24, 2.45) is 0 Å². The minimum Gasteiger partial charge on any atom is -0.325 e. The fourth-order valence-electron chi connectivity index (χ4n) is 3.27. The summed E-state index contributed by atoms with van der Waals surface area (Å²) in [7, 11) is 0. The van der Waals surface area contributed by atoms with Gasteiger partial charge in [0.1, 0.15) is 0 Å². The average molecular weight is 477 g/mol. The largest absolute Gasteiger partial charge is 0.416 e. The van der Waals surface area contributed by atoms with E-state index < -0.39 is 17.6 Å². The Hall–Kier alpha value is -2.85. The summed E-state index contributed by atoms with van der Waals surface area (Å²) in [5, 5.41) is 14.9. The molecule has 32 heavy (non-hydrogen) atoms.